The molecule has 2 unspecified atom stereocenters. The standard InChI is InChI=1S/C11H23NO2/c1-4-5-9(2)6-11(14)12-7-10(3)8-13/h9-10,13H,4-8H2,1-3H3,(H,12,14). The Balaban J connectivity index is 3.54. The second kappa shape index (κ2) is 7.80. The van der Waals surface area contributed by atoms with Crippen LogP contribution in [0.1, 0.15) is 40.0 Å². The fourth-order valence-electron chi connectivity index (χ4n) is 1.34. The minimum Gasteiger partial charge on any atom is -0.396 e. The van der Waals surface area contributed by atoms with Gasteiger partial charge >= 0.3 is 0 Å². The molecule has 84 valence electrons. The van der Waals surface area contributed by atoms with Gasteiger partial charge in [0.15, 0.2) is 0 Å². The predicted molar refractivity (Wildman–Crippen MR) is 57.9 cm³/mol. The van der Waals surface area contributed by atoms with Crippen LogP contribution in [0.15, 0.2) is 0 Å². The Bertz CT molecular complexity index is 159. The van der Waals surface area contributed by atoms with Gasteiger partial charge in [0.2, 0.25) is 5.91 Å². The van der Waals surface area contributed by atoms with Crippen LogP contribution in [0.5, 0.6) is 0 Å². The van der Waals surface area contributed by atoms with E-state index in [1.165, 1.54) is 0 Å². The Hall–Kier alpha value is -0.570. The molecule has 2 N–H and O–H groups in total. The summed E-state index contributed by atoms with van der Waals surface area (Å²) in [4.78, 5) is 11.4. The molecule has 0 aromatic carbocycles. The lowest BCUT2D eigenvalue weighted by atomic mass is 10.0. The molecule has 0 aliphatic carbocycles. The maximum atomic E-state index is 11.4. The van der Waals surface area contributed by atoms with E-state index in [1.807, 2.05) is 6.92 Å². The van der Waals surface area contributed by atoms with Gasteiger partial charge in [0.05, 0.1) is 0 Å². The van der Waals surface area contributed by atoms with Crippen molar-refractivity contribution in [2.24, 2.45) is 11.8 Å². The molecule has 0 aromatic heterocycles. The van der Waals surface area contributed by atoms with Crippen molar-refractivity contribution in [1.29, 1.82) is 0 Å². The van der Waals surface area contributed by atoms with E-state index in [9.17, 15) is 4.79 Å². The van der Waals surface area contributed by atoms with Gasteiger partial charge in [-0.15, -0.1) is 0 Å². The highest BCUT2D eigenvalue weighted by atomic mass is 16.3. The van der Waals surface area contributed by atoms with E-state index in [0.29, 0.717) is 18.9 Å². The van der Waals surface area contributed by atoms with Crippen molar-refractivity contribution in [3.8, 4) is 0 Å². The Morgan fingerprint density at radius 2 is 2.00 bits per heavy atom. The molecule has 3 heteroatoms. The van der Waals surface area contributed by atoms with Gasteiger partial charge in [-0.3, -0.25) is 4.79 Å². The molecule has 0 saturated carbocycles. The molecular formula is C11H23NO2. The molecular weight excluding hydrogens is 178 g/mol. The van der Waals surface area contributed by atoms with Gasteiger partial charge in [0, 0.05) is 19.6 Å². The Morgan fingerprint density at radius 1 is 1.36 bits per heavy atom. The van der Waals surface area contributed by atoms with E-state index in [-0.39, 0.29) is 18.4 Å². The normalized spacial score (nSPS) is 14.9. The second-order valence-corrected chi connectivity index (χ2v) is 4.19. The number of hydrogen-bond donors (Lipinski definition) is 2. The van der Waals surface area contributed by atoms with Gasteiger partial charge in [0.25, 0.3) is 0 Å². The lowest BCUT2D eigenvalue weighted by molar-refractivity contribution is -0.122. The number of carbonyl (C=O) groups is 1. The summed E-state index contributed by atoms with van der Waals surface area (Å²) in [7, 11) is 0. The van der Waals surface area contributed by atoms with Gasteiger partial charge in [-0.2, -0.15) is 0 Å². The zero-order chi connectivity index (χ0) is 11.0. The van der Waals surface area contributed by atoms with Crippen molar-refractivity contribution < 1.29 is 9.90 Å². The number of rotatable bonds is 7. The highest BCUT2D eigenvalue weighted by Crippen LogP contribution is 2.09. The lowest BCUT2D eigenvalue weighted by Gasteiger charge is -2.12. The first-order valence-corrected chi connectivity index (χ1v) is 5.47. The first-order valence-electron chi connectivity index (χ1n) is 5.47. The summed E-state index contributed by atoms with van der Waals surface area (Å²) in [6.45, 7) is 6.84. The third-order valence-electron chi connectivity index (χ3n) is 2.27. The largest absolute Gasteiger partial charge is 0.396 e. The summed E-state index contributed by atoms with van der Waals surface area (Å²) in [6.07, 6.45) is 2.83. The average Bonchev–Trinajstić information content (AvgIpc) is 2.14. The van der Waals surface area contributed by atoms with Crippen molar-refractivity contribution in [2.45, 2.75) is 40.0 Å². The minimum absolute atomic E-state index is 0.103. The summed E-state index contributed by atoms with van der Waals surface area (Å²) in [5.74, 6) is 0.719. The smallest absolute Gasteiger partial charge is 0.220 e. The van der Waals surface area contributed by atoms with Gasteiger partial charge in [-0.1, -0.05) is 33.6 Å². The lowest BCUT2D eigenvalue weighted by Crippen LogP contribution is -2.30. The molecule has 0 fully saturated rings. The van der Waals surface area contributed by atoms with Crippen LogP contribution in [0.2, 0.25) is 0 Å². The zero-order valence-electron chi connectivity index (χ0n) is 9.55. The number of hydrogen-bond acceptors (Lipinski definition) is 2. The fourth-order valence-corrected chi connectivity index (χ4v) is 1.34. The maximum Gasteiger partial charge on any atom is 0.220 e. The Morgan fingerprint density at radius 3 is 2.50 bits per heavy atom. The summed E-state index contributed by atoms with van der Waals surface area (Å²) in [6, 6.07) is 0. The zero-order valence-corrected chi connectivity index (χ0v) is 9.55. The van der Waals surface area contributed by atoms with E-state index in [1.54, 1.807) is 0 Å². The first kappa shape index (κ1) is 13.4. The molecule has 0 saturated heterocycles. The Labute approximate surface area is 86.9 Å². The third-order valence-corrected chi connectivity index (χ3v) is 2.27. The molecule has 0 radical (unpaired) electrons. The highest BCUT2D eigenvalue weighted by Gasteiger charge is 2.08. The van der Waals surface area contributed by atoms with Crippen molar-refractivity contribution in [3.05, 3.63) is 0 Å². The van der Waals surface area contributed by atoms with Crippen LogP contribution in [0.4, 0.5) is 0 Å². The average molecular weight is 201 g/mol. The van der Waals surface area contributed by atoms with E-state index in [4.69, 9.17) is 5.11 Å². The second-order valence-electron chi connectivity index (χ2n) is 4.19. The molecule has 3 nitrogen and oxygen atoms in total. The van der Waals surface area contributed by atoms with Gasteiger partial charge < -0.3 is 10.4 Å². The number of carbonyl (C=O) groups excluding carboxylic acids is 1. The minimum atomic E-state index is 0.103. The van der Waals surface area contributed by atoms with E-state index < -0.39 is 0 Å². The van der Waals surface area contributed by atoms with E-state index in [2.05, 4.69) is 19.2 Å². The van der Waals surface area contributed by atoms with Crippen molar-refractivity contribution in [1.82, 2.24) is 5.32 Å². The monoisotopic (exact) mass is 201 g/mol. The molecule has 0 aliphatic rings. The van der Waals surface area contributed by atoms with Crippen molar-refractivity contribution >= 4 is 5.91 Å². The fraction of sp³-hybridized carbons (Fsp3) is 0.909. The predicted octanol–water partition coefficient (Wildman–Crippen LogP) is 1.56. The number of nitrogens with one attached hydrogen (secondary N) is 1. The van der Waals surface area contributed by atoms with Crippen LogP contribution in [-0.2, 0) is 4.79 Å². The molecule has 0 heterocycles. The van der Waals surface area contributed by atoms with Crippen molar-refractivity contribution in [2.75, 3.05) is 13.2 Å². The summed E-state index contributed by atoms with van der Waals surface area (Å²) in [5, 5.41) is 11.6. The Kier molecular flexibility index (Phi) is 7.48. The van der Waals surface area contributed by atoms with Gasteiger partial charge in [-0.25, -0.2) is 0 Å². The topological polar surface area (TPSA) is 49.3 Å². The molecule has 2 atom stereocenters. The highest BCUT2D eigenvalue weighted by molar-refractivity contribution is 5.76. The van der Waals surface area contributed by atoms with E-state index in [0.717, 1.165) is 12.8 Å². The number of aliphatic hydroxyl groups is 1. The molecule has 1 amide bonds. The molecule has 0 bridgehead atoms. The molecule has 0 aromatic rings. The van der Waals surface area contributed by atoms with Crippen LogP contribution in [0, 0.1) is 11.8 Å². The molecule has 14 heavy (non-hydrogen) atoms. The van der Waals surface area contributed by atoms with Crippen LogP contribution in [-0.4, -0.2) is 24.2 Å². The SMILES string of the molecule is CCCC(C)CC(=O)NCC(C)CO. The molecule has 0 rings (SSSR count). The molecule has 0 spiro atoms. The van der Waals surface area contributed by atoms with Crippen LogP contribution in [0.25, 0.3) is 0 Å². The van der Waals surface area contributed by atoms with Crippen LogP contribution >= 0.6 is 0 Å². The van der Waals surface area contributed by atoms with Crippen LogP contribution in [0.3, 0.4) is 0 Å². The summed E-state index contributed by atoms with van der Waals surface area (Å²) >= 11 is 0. The van der Waals surface area contributed by atoms with Gasteiger partial charge in [0.1, 0.15) is 0 Å². The van der Waals surface area contributed by atoms with E-state index >= 15 is 0 Å². The maximum absolute atomic E-state index is 11.4. The quantitative estimate of drug-likeness (QED) is 0.656. The number of aliphatic hydroxyl groups excluding tert-OH is 1. The summed E-state index contributed by atoms with van der Waals surface area (Å²) in [5.41, 5.74) is 0. The third kappa shape index (κ3) is 6.89. The first-order chi connectivity index (χ1) is 6.60. The number of amides is 1. The molecule has 0 aliphatic heterocycles. The van der Waals surface area contributed by atoms with Crippen LogP contribution < -0.4 is 5.32 Å². The summed E-state index contributed by atoms with van der Waals surface area (Å²) < 4.78 is 0. The van der Waals surface area contributed by atoms with Crippen molar-refractivity contribution in [3.63, 3.8) is 0 Å². The van der Waals surface area contributed by atoms with Gasteiger partial charge in [-0.05, 0) is 11.8 Å².